The Morgan fingerprint density at radius 2 is 2.18 bits per heavy atom. The van der Waals surface area contributed by atoms with Crippen molar-refractivity contribution in [1.29, 1.82) is 0 Å². The van der Waals surface area contributed by atoms with E-state index in [0.29, 0.717) is 11.1 Å². The second-order valence-corrected chi connectivity index (χ2v) is 4.77. The van der Waals surface area contributed by atoms with Gasteiger partial charge in [0.1, 0.15) is 6.33 Å². The molecule has 90 valence electrons. The number of methoxy groups -OCH3 is 1. The summed E-state index contributed by atoms with van der Waals surface area (Å²) >= 11 is 0. The molecule has 0 saturated carbocycles. The van der Waals surface area contributed by atoms with Crippen LogP contribution in [0.2, 0.25) is 0 Å². The molecule has 0 fully saturated rings. The number of esters is 1. The lowest BCUT2D eigenvalue weighted by Crippen LogP contribution is -2.13. The monoisotopic (exact) mass is 255 g/mol. The number of aromatic nitrogens is 2. The van der Waals surface area contributed by atoms with E-state index in [1.807, 2.05) is 0 Å². The molecule has 8 heteroatoms. The van der Waals surface area contributed by atoms with Crippen LogP contribution in [0.1, 0.15) is 10.4 Å². The van der Waals surface area contributed by atoms with Crippen LogP contribution in [0.3, 0.4) is 0 Å². The number of nitrogens with two attached hydrogens (primary N) is 1. The largest absolute Gasteiger partial charge is 0.465 e. The lowest BCUT2D eigenvalue weighted by Gasteiger charge is -2.00. The molecule has 0 radical (unpaired) electrons. The average Bonchev–Trinajstić information content (AvgIpc) is 2.70. The fraction of sp³-hybridized carbons (Fsp3) is 0.111. The molecule has 0 aliphatic rings. The molecule has 2 aromatic heterocycles. The van der Waals surface area contributed by atoms with Crippen molar-refractivity contribution in [2.75, 3.05) is 7.11 Å². The zero-order valence-electron chi connectivity index (χ0n) is 8.82. The van der Waals surface area contributed by atoms with E-state index in [1.165, 1.54) is 36.2 Å². The minimum absolute atomic E-state index is 0.228. The molecule has 0 spiro atoms. The molecule has 17 heavy (non-hydrogen) atoms. The summed E-state index contributed by atoms with van der Waals surface area (Å²) in [4.78, 5) is 15.0. The van der Waals surface area contributed by atoms with E-state index in [1.54, 1.807) is 0 Å². The highest BCUT2D eigenvalue weighted by atomic mass is 32.2. The normalized spacial score (nSPS) is 11.6. The number of rotatable bonds is 2. The molecule has 2 rings (SSSR count). The highest BCUT2D eigenvalue weighted by Gasteiger charge is 2.16. The highest BCUT2D eigenvalue weighted by molar-refractivity contribution is 7.89. The summed E-state index contributed by atoms with van der Waals surface area (Å²) in [6.45, 7) is 0. The summed E-state index contributed by atoms with van der Waals surface area (Å²) in [5, 5.41) is 4.77. The Balaban J connectivity index is 2.64. The molecule has 0 aliphatic heterocycles. The Hall–Kier alpha value is -1.93. The number of ether oxygens (including phenoxy) is 1. The minimum Gasteiger partial charge on any atom is -0.465 e. The van der Waals surface area contributed by atoms with Crippen molar-refractivity contribution in [1.82, 2.24) is 9.38 Å². The Morgan fingerprint density at radius 3 is 2.76 bits per heavy atom. The summed E-state index contributed by atoms with van der Waals surface area (Å²) in [7, 11) is -2.61. The molecular formula is C9H9N3O4S. The maximum atomic E-state index is 11.3. The molecule has 2 heterocycles. The highest BCUT2D eigenvalue weighted by Crippen LogP contribution is 2.15. The van der Waals surface area contributed by atoms with Crippen molar-refractivity contribution < 1.29 is 17.9 Å². The van der Waals surface area contributed by atoms with Crippen LogP contribution in [0, 0.1) is 0 Å². The molecule has 0 atom stereocenters. The smallest absolute Gasteiger partial charge is 0.339 e. The first kappa shape index (κ1) is 11.6. The SMILES string of the molecule is COC(=O)c1ccc2c(S(N)(=O)=O)ncn2c1. The van der Waals surface area contributed by atoms with Gasteiger partial charge in [0, 0.05) is 6.20 Å². The number of imidazole rings is 1. The van der Waals surface area contributed by atoms with Crippen LogP contribution in [0.4, 0.5) is 0 Å². The van der Waals surface area contributed by atoms with Crippen LogP contribution < -0.4 is 5.14 Å². The average molecular weight is 255 g/mol. The maximum Gasteiger partial charge on any atom is 0.339 e. The quantitative estimate of drug-likeness (QED) is 0.746. The Bertz CT molecular complexity index is 689. The van der Waals surface area contributed by atoms with Gasteiger partial charge >= 0.3 is 5.97 Å². The first-order valence-electron chi connectivity index (χ1n) is 4.51. The van der Waals surface area contributed by atoms with E-state index in [9.17, 15) is 13.2 Å². The van der Waals surface area contributed by atoms with Crippen LogP contribution in [-0.4, -0.2) is 30.9 Å². The topological polar surface area (TPSA) is 104 Å². The van der Waals surface area contributed by atoms with Crippen LogP contribution in [-0.2, 0) is 14.8 Å². The fourth-order valence-electron chi connectivity index (χ4n) is 1.43. The third-order valence-electron chi connectivity index (χ3n) is 2.19. The molecule has 0 amide bonds. The standard InChI is InChI=1S/C9H9N3O4S/c1-16-9(13)6-2-3-7-8(17(10,14)15)11-5-12(7)4-6/h2-5H,1H3,(H2,10,14,15). The number of primary sulfonamides is 1. The third-order valence-corrected chi connectivity index (χ3v) is 3.04. The number of sulfonamides is 1. The summed E-state index contributed by atoms with van der Waals surface area (Å²) < 4.78 is 28.3. The lowest BCUT2D eigenvalue weighted by molar-refractivity contribution is 0.0600. The van der Waals surface area contributed by atoms with Crippen molar-refractivity contribution in [3.63, 3.8) is 0 Å². The second-order valence-electron chi connectivity index (χ2n) is 3.30. The van der Waals surface area contributed by atoms with Crippen LogP contribution in [0.5, 0.6) is 0 Å². The molecule has 0 bridgehead atoms. The van der Waals surface area contributed by atoms with E-state index in [-0.39, 0.29) is 5.03 Å². The summed E-state index contributed by atoms with van der Waals surface area (Å²) in [5.74, 6) is -0.516. The summed E-state index contributed by atoms with van der Waals surface area (Å²) in [6, 6.07) is 2.89. The van der Waals surface area contributed by atoms with Gasteiger partial charge in [0.15, 0.2) is 5.03 Å². The first-order chi connectivity index (χ1) is 7.93. The molecule has 2 N–H and O–H groups in total. The molecule has 0 aliphatic carbocycles. The van der Waals surface area contributed by atoms with Gasteiger partial charge in [-0.25, -0.2) is 23.3 Å². The number of carbonyl (C=O) groups excluding carboxylic acids is 1. The summed E-state index contributed by atoms with van der Waals surface area (Å²) in [6.07, 6.45) is 2.68. The molecular weight excluding hydrogens is 246 g/mol. The number of pyridine rings is 1. The van der Waals surface area contributed by atoms with E-state index >= 15 is 0 Å². The lowest BCUT2D eigenvalue weighted by atomic mass is 10.3. The minimum atomic E-state index is -3.87. The van der Waals surface area contributed by atoms with Gasteiger partial charge in [-0.2, -0.15) is 0 Å². The van der Waals surface area contributed by atoms with Crippen LogP contribution in [0.15, 0.2) is 29.7 Å². The van der Waals surface area contributed by atoms with Gasteiger partial charge < -0.3 is 9.14 Å². The Kier molecular flexibility index (Phi) is 2.60. The number of hydrogen-bond acceptors (Lipinski definition) is 5. The van der Waals surface area contributed by atoms with Crippen LogP contribution in [0.25, 0.3) is 5.52 Å². The van der Waals surface area contributed by atoms with Gasteiger partial charge in [0.25, 0.3) is 10.0 Å². The number of hydrogen-bond donors (Lipinski definition) is 1. The molecule has 7 nitrogen and oxygen atoms in total. The maximum absolute atomic E-state index is 11.3. The molecule has 0 unspecified atom stereocenters. The predicted molar refractivity (Wildman–Crippen MR) is 57.9 cm³/mol. The van der Waals surface area contributed by atoms with Gasteiger partial charge in [-0.1, -0.05) is 0 Å². The molecule has 2 aromatic rings. The van der Waals surface area contributed by atoms with E-state index in [2.05, 4.69) is 9.72 Å². The first-order valence-corrected chi connectivity index (χ1v) is 6.06. The summed E-state index contributed by atoms with van der Waals surface area (Å²) in [5.41, 5.74) is 0.596. The number of fused-ring (bicyclic) bond motifs is 1. The third kappa shape index (κ3) is 1.99. The molecule has 0 aromatic carbocycles. The van der Waals surface area contributed by atoms with Crippen molar-refractivity contribution in [3.8, 4) is 0 Å². The van der Waals surface area contributed by atoms with Crippen molar-refractivity contribution in [2.45, 2.75) is 5.03 Å². The van der Waals surface area contributed by atoms with Gasteiger partial charge in [-0.15, -0.1) is 0 Å². The van der Waals surface area contributed by atoms with Crippen molar-refractivity contribution in [2.24, 2.45) is 5.14 Å². The zero-order valence-corrected chi connectivity index (χ0v) is 9.64. The fourth-order valence-corrected chi connectivity index (χ4v) is 2.09. The van der Waals surface area contributed by atoms with Gasteiger partial charge in [-0.05, 0) is 12.1 Å². The van der Waals surface area contributed by atoms with Gasteiger partial charge in [0.05, 0.1) is 18.2 Å². The second kappa shape index (κ2) is 3.82. The van der Waals surface area contributed by atoms with Gasteiger partial charge in [-0.3, -0.25) is 0 Å². The van der Waals surface area contributed by atoms with Crippen molar-refractivity contribution in [3.05, 3.63) is 30.2 Å². The number of carbonyl (C=O) groups is 1. The molecule has 0 saturated heterocycles. The predicted octanol–water partition coefficient (Wildman–Crippen LogP) is -0.232. The van der Waals surface area contributed by atoms with Crippen molar-refractivity contribution >= 4 is 21.5 Å². The Labute approximate surface area is 96.9 Å². The van der Waals surface area contributed by atoms with Crippen LogP contribution >= 0.6 is 0 Å². The van der Waals surface area contributed by atoms with E-state index < -0.39 is 16.0 Å². The number of nitrogens with zero attached hydrogens (tertiary/aromatic N) is 2. The van der Waals surface area contributed by atoms with Gasteiger partial charge in [0.2, 0.25) is 0 Å². The zero-order chi connectivity index (χ0) is 12.6. The Morgan fingerprint density at radius 1 is 1.47 bits per heavy atom. The van der Waals surface area contributed by atoms with E-state index in [0.717, 1.165) is 0 Å². The van der Waals surface area contributed by atoms with E-state index in [4.69, 9.17) is 5.14 Å².